The first-order valence-corrected chi connectivity index (χ1v) is 34.0. The van der Waals surface area contributed by atoms with E-state index < -0.39 is 0 Å². The minimum absolute atomic E-state index is 0.0320. The van der Waals surface area contributed by atoms with E-state index in [2.05, 4.69) is 96.3 Å². The topological polar surface area (TPSA) is 259 Å². The lowest BCUT2D eigenvalue weighted by molar-refractivity contribution is -0.134. The number of carbonyl (C=O) groups is 3. The average molecular weight is 1320 g/mol. The molecule has 0 aromatic carbocycles. The van der Waals surface area contributed by atoms with Crippen LogP contribution in [0.5, 0.6) is 5.88 Å². The van der Waals surface area contributed by atoms with Crippen LogP contribution < -0.4 is 4.74 Å². The van der Waals surface area contributed by atoms with Gasteiger partial charge in [0.15, 0.2) is 0 Å². The van der Waals surface area contributed by atoms with Crippen LogP contribution in [0.2, 0.25) is 0 Å². The molecule has 98 heavy (non-hydrogen) atoms. The van der Waals surface area contributed by atoms with Crippen LogP contribution >= 0.6 is 0 Å². The van der Waals surface area contributed by atoms with Crippen molar-refractivity contribution in [2.75, 3.05) is 20.7 Å². The summed E-state index contributed by atoms with van der Waals surface area (Å²) in [6, 6.07) is 6.29. The number of rotatable bonds is 4. The Morgan fingerprint density at radius 3 is 1.71 bits per heavy atom. The fraction of sp³-hybridized carbons (Fsp3) is 0.444. The van der Waals surface area contributed by atoms with Crippen LogP contribution in [0.25, 0.3) is 55.3 Å². The third-order valence-electron chi connectivity index (χ3n) is 19.8. The molecule has 0 unspecified atom stereocenters. The summed E-state index contributed by atoms with van der Waals surface area (Å²) in [4.78, 5) is 48.0. The second-order valence-electron chi connectivity index (χ2n) is 27.1. The Labute approximate surface area is 568 Å². The molecule has 1 saturated carbocycles. The maximum absolute atomic E-state index is 13.2. The molecule has 0 spiro atoms. The van der Waals surface area contributed by atoms with Gasteiger partial charge in [0.2, 0.25) is 23.6 Å². The number of ether oxygens (including phenoxy) is 1. The Hall–Kier alpha value is -10.6. The van der Waals surface area contributed by atoms with Gasteiger partial charge in [0.1, 0.15) is 11.4 Å². The van der Waals surface area contributed by atoms with Crippen molar-refractivity contribution in [2.24, 2.45) is 21.1 Å². The molecule has 12 bridgehead atoms. The highest BCUT2D eigenvalue weighted by Crippen LogP contribution is 2.47. The van der Waals surface area contributed by atoms with Crippen LogP contribution in [-0.2, 0) is 94.1 Å². The number of carbonyl (C=O) groups excluding carboxylic acids is 3. The van der Waals surface area contributed by atoms with Crippen molar-refractivity contribution >= 4 is 40.3 Å². The molecule has 0 atom stereocenters. The molecule has 3 aliphatic heterocycles. The van der Waals surface area contributed by atoms with E-state index in [-0.39, 0.29) is 23.8 Å². The van der Waals surface area contributed by atoms with E-state index in [0.29, 0.717) is 105 Å². The number of methoxy groups -OCH3 is 1. The minimum Gasteiger partial charge on any atom is -0.481 e. The normalized spacial score (nSPS) is 16.8. The Morgan fingerprint density at radius 2 is 1.11 bits per heavy atom. The highest BCUT2D eigenvalue weighted by Gasteiger charge is 2.35. The first kappa shape index (κ1) is 64.7. The average Bonchev–Trinajstić information content (AvgIpc) is 1.61. The van der Waals surface area contributed by atoms with Crippen molar-refractivity contribution in [1.82, 2.24) is 104 Å². The molecular formula is C72H82N22O4. The number of aromatic nitrogens is 18. The van der Waals surface area contributed by atoms with Gasteiger partial charge in [-0.15, -0.1) is 10.2 Å². The van der Waals surface area contributed by atoms with Crippen molar-refractivity contribution < 1.29 is 19.1 Å². The van der Waals surface area contributed by atoms with E-state index in [1.165, 1.54) is 46.4 Å². The molecule has 16 rings (SSSR count). The lowest BCUT2D eigenvalue weighted by Gasteiger charge is -2.26. The van der Waals surface area contributed by atoms with Gasteiger partial charge in [0.25, 0.3) is 5.82 Å². The summed E-state index contributed by atoms with van der Waals surface area (Å²) in [5.41, 5.74) is 25.4. The van der Waals surface area contributed by atoms with Crippen LogP contribution in [0.3, 0.4) is 0 Å². The third-order valence-corrected chi connectivity index (χ3v) is 19.8. The monoisotopic (exact) mass is 1320 g/mol. The zero-order valence-corrected chi connectivity index (χ0v) is 58.0. The molecule has 9 aromatic rings. The van der Waals surface area contributed by atoms with Crippen LogP contribution in [-0.4, -0.2) is 148 Å². The number of hydrogen-bond donors (Lipinski definition) is 0. The van der Waals surface area contributed by atoms with Gasteiger partial charge in [0.05, 0.1) is 102 Å². The van der Waals surface area contributed by atoms with Crippen molar-refractivity contribution in [3.8, 4) is 39.7 Å². The Morgan fingerprint density at radius 1 is 0.561 bits per heavy atom. The van der Waals surface area contributed by atoms with E-state index in [4.69, 9.17) is 31.7 Å². The second-order valence-corrected chi connectivity index (χ2v) is 27.1. The van der Waals surface area contributed by atoms with E-state index in [9.17, 15) is 14.4 Å². The summed E-state index contributed by atoms with van der Waals surface area (Å²) in [5, 5.41) is 55.7. The largest absolute Gasteiger partial charge is 0.481 e. The number of allylic oxidation sites excluding steroid dienone is 3. The first-order valence-electron chi connectivity index (χ1n) is 34.0. The number of fused-ring (bicyclic) bond motifs is 18. The smallest absolute Gasteiger partial charge is 0.261 e. The summed E-state index contributed by atoms with van der Waals surface area (Å²) in [6.45, 7) is 26.0. The van der Waals surface area contributed by atoms with Gasteiger partial charge in [-0.25, -0.2) is 9.36 Å². The molecule has 0 saturated heterocycles. The van der Waals surface area contributed by atoms with Crippen molar-refractivity contribution in [2.45, 2.75) is 170 Å². The summed E-state index contributed by atoms with van der Waals surface area (Å²) < 4.78 is 16.7. The van der Waals surface area contributed by atoms with Gasteiger partial charge in [-0.05, 0) is 115 Å². The van der Waals surface area contributed by atoms with E-state index in [1.807, 2.05) is 84.8 Å². The number of nitrogens with zero attached hydrogens (tertiary/aromatic N) is 22. The van der Waals surface area contributed by atoms with Crippen LogP contribution in [0.4, 0.5) is 5.82 Å². The zero-order chi connectivity index (χ0) is 68.5. The predicted octanol–water partition coefficient (Wildman–Crippen LogP) is 9.44. The lowest BCUT2D eigenvalue weighted by atomic mass is 9.98. The Kier molecular flexibility index (Phi) is 17.2. The fourth-order valence-electron chi connectivity index (χ4n) is 14.7. The molecule has 0 radical (unpaired) electrons. The first-order chi connectivity index (χ1) is 47.2. The molecule has 4 aliphatic carbocycles. The van der Waals surface area contributed by atoms with Crippen molar-refractivity contribution in [3.63, 3.8) is 0 Å². The van der Waals surface area contributed by atoms with E-state index in [0.717, 1.165) is 129 Å². The van der Waals surface area contributed by atoms with Crippen molar-refractivity contribution in [1.29, 1.82) is 0 Å². The van der Waals surface area contributed by atoms with Gasteiger partial charge >= 0.3 is 0 Å². The number of amides is 3. The maximum atomic E-state index is 13.2. The van der Waals surface area contributed by atoms with Crippen LogP contribution in [0.1, 0.15) is 177 Å². The summed E-state index contributed by atoms with van der Waals surface area (Å²) >= 11 is 0. The standard InChI is InChI=1S/C25H31N7O2.C24H27N7O.C23H24N8O/c1-14(2)32-13-21-24(25(34-6)30(5)29-21)20-11-17-19(26-27-20)10-15(3)23(17)18-12-31(28-16(18)4)9-7-8-22(32)33;1-3-30-14-22-19(12-29(2)27-22)21-11-17-16(8-9-20(17)25-26-21)18-13-31(10-4-5-23(30)32)28-24(18)15-6-7-15;1-13-9-17-15-10-18(26-25-17)22-19(28-30(5)23(22)24-3)12-29(4)20(32)7-6-8-31-11-16(21(13)15)14(2)27-31/h11-12,14H,7-10,13H2,1-6H3;8,11-13,15H,3-7,9-10,14H2,1-2H3;10-11H,6-9,12H2,1-2,4-5H3. The molecule has 1 fully saturated rings. The summed E-state index contributed by atoms with van der Waals surface area (Å²) in [7, 11) is 8.90. The third kappa shape index (κ3) is 12.1. The fourth-order valence-corrected chi connectivity index (χ4v) is 14.7. The molecule has 9 aromatic heterocycles. The van der Waals surface area contributed by atoms with Crippen LogP contribution in [0.15, 0.2) is 60.2 Å². The summed E-state index contributed by atoms with van der Waals surface area (Å²) in [6.07, 6.45) is 18.9. The molecule has 504 valence electrons. The van der Waals surface area contributed by atoms with E-state index in [1.54, 1.807) is 40.2 Å². The molecule has 26 nitrogen and oxygen atoms in total. The van der Waals surface area contributed by atoms with E-state index >= 15 is 0 Å². The Bertz CT molecular complexity index is 4850. The molecule has 7 aliphatic rings. The number of hydrogen-bond acceptors (Lipinski definition) is 16. The lowest BCUT2D eigenvalue weighted by Crippen LogP contribution is -2.36. The molecule has 3 amide bonds. The van der Waals surface area contributed by atoms with Gasteiger partial charge in [-0.2, -0.15) is 51.0 Å². The van der Waals surface area contributed by atoms with Gasteiger partial charge < -0.3 is 24.3 Å². The van der Waals surface area contributed by atoms with Gasteiger partial charge in [-0.1, -0.05) is 23.8 Å². The Balaban J connectivity index is 0.000000126. The van der Waals surface area contributed by atoms with Gasteiger partial charge in [-0.3, -0.25) is 33.1 Å². The quantitative estimate of drug-likeness (QED) is 0.149. The predicted molar refractivity (Wildman–Crippen MR) is 366 cm³/mol. The number of aryl methyl sites for hydroxylation is 8. The van der Waals surface area contributed by atoms with Crippen molar-refractivity contribution in [3.05, 3.63) is 156 Å². The molecule has 0 N–H and O–H groups in total. The molecule has 12 heterocycles. The minimum atomic E-state index is 0.0320. The maximum Gasteiger partial charge on any atom is 0.261 e. The molecular weight excluding hydrogens is 1240 g/mol. The molecule has 26 heteroatoms. The highest BCUT2D eigenvalue weighted by molar-refractivity contribution is 5.91. The van der Waals surface area contributed by atoms with Crippen LogP contribution in [0, 0.1) is 20.4 Å². The van der Waals surface area contributed by atoms with Gasteiger partial charge in [0, 0.05) is 162 Å². The summed E-state index contributed by atoms with van der Waals surface area (Å²) in [5.74, 6) is 1.83. The SMILES string of the molecule is CCN1Cc2nn(C)cc2-c2cc3c(nn2)CC=C3c2cn(nc2C2CC2)CCCC1=O.COc1c2c(nn1C)CN(C(C)C)C(=O)CCCn1cc(c(C)n1)C1=C(C)Cc3nnc-2cc31.[C-]#[N+]c1c2c(nn1C)CN(C)C(=O)CCCn1cc(c(C)n1)C1=C(C)Cc3nnc-2cc31. The second kappa shape index (κ2) is 26.1. The zero-order valence-electron chi connectivity index (χ0n) is 58.0. The highest BCUT2D eigenvalue weighted by atomic mass is 16.5.